The van der Waals surface area contributed by atoms with Gasteiger partial charge in [0.15, 0.2) is 0 Å². The first kappa shape index (κ1) is 14.3. The fourth-order valence-electron chi connectivity index (χ4n) is 3.24. The summed E-state index contributed by atoms with van der Waals surface area (Å²) >= 11 is 0. The zero-order chi connectivity index (χ0) is 12.8. The molecule has 3 atom stereocenters. The highest BCUT2D eigenvalue weighted by atomic mass is 16.5. The zero-order valence-corrected chi connectivity index (χ0v) is 11.5. The molecule has 106 valence electrons. The van der Waals surface area contributed by atoms with Crippen LogP contribution in [0.5, 0.6) is 0 Å². The molecule has 0 radical (unpaired) electrons. The average Bonchev–Trinajstić information content (AvgIpc) is 2.43. The third-order valence-electron chi connectivity index (χ3n) is 4.32. The van der Waals surface area contributed by atoms with Gasteiger partial charge in [0.2, 0.25) is 0 Å². The van der Waals surface area contributed by atoms with Crippen LogP contribution in [-0.4, -0.2) is 61.7 Å². The fraction of sp³-hybridized carbons (Fsp3) is 1.00. The van der Waals surface area contributed by atoms with Crippen LogP contribution in [0.2, 0.25) is 0 Å². The molecule has 0 spiro atoms. The molecular formula is C14H27NO3. The molecule has 0 aromatic heterocycles. The maximum absolute atomic E-state index is 8.81. The molecule has 0 aromatic carbocycles. The van der Waals surface area contributed by atoms with E-state index in [4.69, 9.17) is 14.6 Å². The Morgan fingerprint density at radius 1 is 1.28 bits per heavy atom. The van der Waals surface area contributed by atoms with Gasteiger partial charge in [0, 0.05) is 26.3 Å². The number of methoxy groups -OCH3 is 1. The Morgan fingerprint density at radius 3 is 2.94 bits per heavy atom. The molecule has 1 N–H and O–H groups in total. The molecule has 1 aliphatic carbocycles. The van der Waals surface area contributed by atoms with Gasteiger partial charge in [0.1, 0.15) is 0 Å². The van der Waals surface area contributed by atoms with E-state index < -0.39 is 0 Å². The lowest BCUT2D eigenvalue weighted by Crippen LogP contribution is -2.55. The standard InChI is InChI=1S/C14H27NO3/c1-17-12-5-6-14-13(11-12)15(8-10-18-14)7-3-2-4-9-16/h12-14,16H,2-11H2,1H3/t12-,13+,14-/m1/s1. The number of hydrogen-bond acceptors (Lipinski definition) is 4. The number of nitrogens with zero attached hydrogens (tertiary/aromatic N) is 1. The molecule has 2 aliphatic rings. The van der Waals surface area contributed by atoms with Crippen molar-refractivity contribution in [1.29, 1.82) is 0 Å². The van der Waals surface area contributed by atoms with E-state index in [0.717, 1.165) is 51.8 Å². The minimum atomic E-state index is 0.320. The molecule has 1 aliphatic heterocycles. The maximum atomic E-state index is 8.81. The Kier molecular flexibility index (Phi) is 5.89. The second-order valence-electron chi connectivity index (χ2n) is 5.47. The van der Waals surface area contributed by atoms with Crippen LogP contribution in [0.25, 0.3) is 0 Å². The first-order valence-corrected chi connectivity index (χ1v) is 7.34. The number of ether oxygens (including phenoxy) is 2. The van der Waals surface area contributed by atoms with E-state index in [1.165, 1.54) is 6.42 Å². The summed E-state index contributed by atoms with van der Waals surface area (Å²) in [5.74, 6) is 0. The number of aliphatic hydroxyl groups excluding tert-OH is 1. The highest BCUT2D eigenvalue weighted by Gasteiger charge is 2.37. The number of morpholine rings is 1. The third kappa shape index (κ3) is 3.67. The van der Waals surface area contributed by atoms with Crippen LogP contribution in [-0.2, 0) is 9.47 Å². The number of unbranched alkanes of at least 4 members (excludes halogenated alkanes) is 2. The quantitative estimate of drug-likeness (QED) is 0.731. The Morgan fingerprint density at radius 2 is 2.17 bits per heavy atom. The van der Waals surface area contributed by atoms with Gasteiger partial charge in [0.05, 0.1) is 18.8 Å². The number of hydrogen-bond donors (Lipinski definition) is 1. The summed E-state index contributed by atoms with van der Waals surface area (Å²) in [6.45, 7) is 3.39. The molecule has 0 bridgehead atoms. The summed E-state index contributed by atoms with van der Waals surface area (Å²) in [7, 11) is 1.82. The number of aliphatic hydroxyl groups is 1. The molecule has 1 heterocycles. The summed E-state index contributed by atoms with van der Waals surface area (Å²) in [6, 6.07) is 0.548. The van der Waals surface area contributed by atoms with Crippen molar-refractivity contribution in [1.82, 2.24) is 4.90 Å². The first-order valence-electron chi connectivity index (χ1n) is 7.34. The van der Waals surface area contributed by atoms with E-state index >= 15 is 0 Å². The zero-order valence-electron chi connectivity index (χ0n) is 11.5. The normalized spacial score (nSPS) is 33.3. The predicted octanol–water partition coefficient (Wildman–Crippen LogP) is 1.42. The van der Waals surface area contributed by atoms with Crippen molar-refractivity contribution < 1.29 is 14.6 Å². The molecular weight excluding hydrogens is 230 g/mol. The molecule has 0 aromatic rings. The third-order valence-corrected chi connectivity index (χ3v) is 4.32. The minimum absolute atomic E-state index is 0.320. The van der Waals surface area contributed by atoms with Crippen molar-refractivity contribution in [3.05, 3.63) is 0 Å². The van der Waals surface area contributed by atoms with E-state index in [1.807, 2.05) is 7.11 Å². The molecule has 2 fully saturated rings. The lowest BCUT2D eigenvalue weighted by Gasteiger charge is -2.45. The summed E-state index contributed by atoms with van der Waals surface area (Å²) in [4.78, 5) is 2.58. The topological polar surface area (TPSA) is 41.9 Å². The van der Waals surface area contributed by atoms with Crippen molar-refractivity contribution in [3.63, 3.8) is 0 Å². The van der Waals surface area contributed by atoms with Gasteiger partial charge in [-0.2, -0.15) is 0 Å². The van der Waals surface area contributed by atoms with Crippen LogP contribution >= 0.6 is 0 Å². The van der Waals surface area contributed by atoms with Crippen molar-refractivity contribution in [2.75, 3.05) is 33.4 Å². The van der Waals surface area contributed by atoms with Crippen molar-refractivity contribution in [2.24, 2.45) is 0 Å². The predicted molar refractivity (Wildman–Crippen MR) is 70.7 cm³/mol. The van der Waals surface area contributed by atoms with E-state index in [2.05, 4.69) is 4.90 Å². The highest BCUT2D eigenvalue weighted by Crippen LogP contribution is 2.30. The number of rotatable bonds is 6. The van der Waals surface area contributed by atoms with Crippen LogP contribution in [0.1, 0.15) is 38.5 Å². The van der Waals surface area contributed by atoms with Crippen molar-refractivity contribution >= 4 is 0 Å². The molecule has 0 unspecified atom stereocenters. The van der Waals surface area contributed by atoms with Gasteiger partial charge in [-0.1, -0.05) is 0 Å². The molecule has 4 nitrogen and oxygen atoms in total. The van der Waals surface area contributed by atoms with E-state index in [-0.39, 0.29) is 0 Å². The van der Waals surface area contributed by atoms with Gasteiger partial charge in [-0.15, -0.1) is 0 Å². The first-order chi connectivity index (χ1) is 8.85. The Balaban J connectivity index is 1.80. The number of fused-ring (bicyclic) bond motifs is 1. The average molecular weight is 257 g/mol. The van der Waals surface area contributed by atoms with Crippen molar-refractivity contribution in [2.45, 2.75) is 56.8 Å². The van der Waals surface area contributed by atoms with E-state index in [9.17, 15) is 0 Å². The van der Waals surface area contributed by atoms with Gasteiger partial charge in [-0.25, -0.2) is 0 Å². The van der Waals surface area contributed by atoms with Crippen LogP contribution in [0.3, 0.4) is 0 Å². The summed E-state index contributed by atoms with van der Waals surface area (Å²) < 4.78 is 11.4. The van der Waals surface area contributed by atoms with E-state index in [1.54, 1.807) is 0 Å². The minimum Gasteiger partial charge on any atom is -0.396 e. The summed E-state index contributed by atoms with van der Waals surface area (Å²) in [6.07, 6.45) is 7.45. The molecule has 18 heavy (non-hydrogen) atoms. The monoisotopic (exact) mass is 257 g/mol. The molecule has 4 heteroatoms. The fourth-order valence-corrected chi connectivity index (χ4v) is 3.24. The van der Waals surface area contributed by atoms with Crippen LogP contribution in [0.15, 0.2) is 0 Å². The molecule has 2 rings (SSSR count). The summed E-state index contributed by atoms with van der Waals surface area (Å²) in [5.41, 5.74) is 0. The lowest BCUT2D eigenvalue weighted by atomic mass is 9.88. The van der Waals surface area contributed by atoms with Gasteiger partial charge >= 0.3 is 0 Å². The van der Waals surface area contributed by atoms with Crippen LogP contribution in [0.4, 0.5) is 0 Å². The van der Waals surface area contributed by atoms with Gasteiger partial charge in [-0.05, 0) is 45.1 Å². The molecule has 1 saturated carbocycles. The van der Waals surface area contributed by atoms with Gasteiger partial charge in [0.25, 0.3) is 0 Å². The summed E-state index contributed by atoms with van der Waals surface area (Å²) in [5, 5.41) is 8.81. The highest BCUT2D eigenvalue weighted by molar-refractivity contribution is 4.90. The van der Waals surface area contributed by atoms with E-state index in [0.29, 0.717) is 24.9 Å². The SMILES string of the molecule is CO[C@@H]1CC[C@H]2OCCN(CCCCCO)[C@H]2C1. The van der Waals surface area contributed by atoms with Gasteiger partial charge in [-0.3, -0.25) is 4.90 Å². The Hall–Kier alpha value is -0.160. The maximum Gasteiger partial charge on any atom is 0.0732 e. The Labute approximate surface area is 110 Å². The van der Waals surface area contributed by atoms with Crippen LogP contribution < -0.4 is 0 Å². The Bertz CT molecular complexity index is 237. The molecule has 0 amide bonds. The lowest BCUT2D eigenvalue weighted by molar-refractivity contribution is -0.113. The largest absolute Gasteiger partial charge is 0.396 e. The second kappa shape index (κ2) is 7.43. The molecule has 1 saturated heterocycles. The van der Waals surface area contributed by atoms with Gasteiger partial charge < -0.3 is 14.6 Å². The van der Waals surface area contributed by atoms with Crippen LogP contribution in [0, 0.1) is 0 Å². The smallest absolute Gasteiger partial charge is 0.0732 e. The van der Waals surface area contributed by atoms with Crippen molar-refractivity contribution in [3.8, 4) is 0 Å². The second-order valence-corrected chi connectivity index (χ2v) is 5.47.